The largest absolute Gasteiger partial charge is 0.391 e. The van der Waals surface area contributed by atoms with Gasteiger partial charge in [0.25, 0.3) is 0 Å². The first-order valence-electron chi connectivity index (χ1n) is 4.84. The number of hydrogen-bond acceptors (Lipinski definition) is 2. The fourth-order valence-electron chi connectivity index (χ4n) is 1.41. The van der Waals surface area contributed by atoms with Gasteiger partial charge in [-0.1, -0.05) is 37.1 Å². The molecule has 0 aromatic heterocycles. The van der Waals surface area contributed by atoms with Crippen molar-refractivity contribution in [1.29, 1.82) is 0 Å². The van der Waals surface area contributed by atoms with E-state index in [-0.39, 0.29) is 6.04 Å². The minimum absolute atomic E-state index is 0.339. The zero-order chi connectivity index (χ0) is 10.6. The average molecular weight is 214 g/mol. The third-order valence-corrected chi connectivity index (χ3v) is 2.47. The van der Waals surface area contributed by atoms with Crippen molar-refractivity contribution in [3.63, 3.8) is 0 Å². The summed E-state index contributed by atoms with van der Waals surface area (Å²) in [4.78, 5) is 0. The quantitative estimate of drug-likeness (QED) is 0.808. The minimum atomic E-state index is -0.488. The molecule has 0 heterocycles. The van der Waals surface area contributed by atoms with E-state index in [1.54, 1.807) is 12.1 Å². The van der Waals surface area contributed by atoms with Crippen LogP contribution < -0.4 is 5.73 Å². The fourth-order valence-corrected chi connectivity index (χ4v) is 1.61. The lowest BCUT2D eigenvalue weighted by atomic mass is 9.99. The molecule has 2 atom stereocenters. The summed E-state index contributed by atoms with van der Waals surface area (Å²) in [6.07, 6.45) is 1.15. The third-order valence-electron chi connectivity index (χ3n) is 2.23. The maximum atomic E-state index is 9.69. The van der Waals surface area contributed by atoms with Gasteiger partial charge in [-0.2, -0.15) is 0 Å². The highest BCUT2D eigenvalue weighted by Crippen LogP contribution is 2.20. The summed E-state index contributed by atoms with van der Waals surface area (Å²) in [6, 6.07) is 6.98. The first-order valence-corrected chi connectivity index (χ1v) is 5.22. The Bertz CT molecular complexity index is 290. The zero-order valence-corrected chi connectivity index (χ0v) is 9.04. The van der Waals surface area contributed by atoms with Crippen LogP contribution in [0.15, 0.2) is 24.3 Å². The highest BCUT2D eigenvalue weighted by atomic mass is 35.5. The van der Waals surface area contributed by atoms with Crippen LogP contribution in [0.5, 0.6) is 0 Å². The van der Waals surface area contributed by atoms with Crippen LogP contribution >= 0.6 is 11.6 Å². The van der Waals surface area contributed by atoms with Gasteiger partial charge in [-0.25, -0.2) is 0 Å². The van der Waals surface area contributed by atoms with Crippen molar-refractivity contribution in [3.8, 4) is 0 Å². The summed E-state index contributed by atoms with van der Waals surface area (Å²) in [5, 5.41) is 10.3. The van der Waals surface area contributed by atoms with Gasteiger partial charge in [0.1, 0.15) is 0 Å². The lowest BCUT2D eigenvalue weighted by Gasteiger charge is -2.18. The van der Waals surface area contributed by atoms with E-state index in [2.05, 4.69) is 0 Å². The molecule has 14 heavy (non-hydrogen) atoms. The highest BCUT2D eigenvalue weighted by molar-refractivity contribution is 6.30. The Hall–Kier alpha value is -0.570. The van der Waals surface area contributed by atoms with Crippen LogP contribution in [0, 0.1) is 0 Å². The second-order valence-electron chi connectivity index (χ2n) is 3.44. The normalized spacial score (nSPS) is 15.1. The first-order chi connectivity index (χ1) is 6.65. The van der Waals surface area contributed by atoms with E-state index in [1.807, 2.05) is 19.1 Å². The molecule has 1 aromatic carbocycles. The van der Waals surface area contributed by atoms with Crippen LogP contribution in [-0.4, -0.2) is 11.2 Å². The minimum Gasteiger partial charge on any atom is -0.391 e. The summed E-state index contributed by atoms with van der Waals surface area (Å²) >= 11 is 5.83. The van der Waals surface area contributed by atoms with Crippen molar-refractivity contribution >= 4 is 11.6 Å². The number of hydrogen-bond donors (Lipinski definition) is 2. The van der Waals surface area contributed by atoms with Gasteiger partial charge in [-0.05, 0) is 24.1 Å². The Morgan fingerprint density at radius 1 is 1.50 bits per heavy atom. The second-order valence-corrected chi connectivity index (χ2v) is 3.87. The lowest BCUT2D eigenvalue weighted by molar-refractivity contribution is 0.134. The van der Waals surface area contributed by atoms with E-state index < -0.39 is 6.10 Å². The molecule has 3 heteroatoms. The molecule has 78 valence electrons. The van der Waals surface area contributed by atoms with E-state index in [0.29, 0.717) is 11.4 Å². The van der Waals surface area contributed by atoms with Crippen molar-refractivity contribution in [3.05, 3.63) is 34.9 Å². The SMILES string of the molecule is CCC[C@H](O)[C@H](N)c1cccc(Cl)c1. The molecule has 0 bridgehead atoms. The van der Waals surface area contributed by atoms with Crippen molar-refractivity contribution in [2.24, 2.45) is 5.73 Å². The standard InChI is InChI=1S/C11H16ClNO/c1-2-4-10(14)11(13)8-5-3-6-9(12)7-8/h3,5-7,10-11,14H,2,4,13H2,1H3/t10-,11+/m0/s1. The first kappa shape index (κ1) is 11.5. The molecule has 1 aromatic rings. The molecule has 0 unspecified atom stereocenters. The van der Waals surface area contributed by atoms with Gasteiger partial charge in [-0.15, -0.1) is 0 Å². The average Bonchev–Trinajstić information content (AvgIpc) is 2.17. The molecule has 0 amide bonds. The topological polar surface area (TPSA) is 46.2 Å². The van der Waals surface area contributed by atoms with Crippen LogP contribution in [0.25, 0.3) is 0 Å². The number of aliphatic hydroxyl groups is 1. The van der Waals surface area contributed by atoms with E-state index in [9.17, 15) is 5.11 Å². The molecule has 1 rings (SSSR count). The van der Waals surface area contributed by atoms with Gasteiger partial charge in [0.05, 0.1) is 12.1 Å². The van der Waals surface area contributed by atoms with Crippen molar-refractivity contribution in [2.75, 3.05) is 0 Å². The van der Waals surface area contributed by atoms with Gasteiger partial charge in [0.15, 0.2) is 0 Å². The monoisotopic (exact) mass is 213 g/mol. The Labute approximate surface area is 89.7 Å². The van der Waals surface area contributed by atoms with Gasteiger partial charge < -0.3 is 10.8 Å². The Morgan fingerprint density at radius 2 is 2.21 bits per heavy atom. The predicted octanol–water partition coefficient (Wildman–Crippen LogP) is 2.50. The van der Waals surface area contributed by atoms with Crippen LogP contribution in [0.1, 0.15) is 31.4 Å². The molecule has 0 saturated heterocycles. The smallest absolute Gasteiger partial charge is 0.0732 e. The predicted molar refractivity (Wildman–Crippen MR) is 59.3 cm³/mol. The fraction of sp³-hybridized carbons (Fsp3) is 0.455. The van der Waals surface area contributed by atoms with E-state index in [1.165, 1.54) is 0 Å². The summed E-state index contributed by atoms with van der Waals surface area (Å²) in [5.41, 5.74) is 6.77. The highest BCUT2D eigenvalue weighted by Gasteiger charge is 2.15. The van der Waals surface area contributed by atoms with Gasteiger partial charge in [0.2, 0.25) is 0 Å². The summed E-state index contributed by atoms with van der Waals surface area (Å²) in [5.74, 6) is 0. The molecule has 0 radical (unpaired) electrons. The lowest BCUT2D eigenvalue weighted by Crippen LogP contribution is -2.25. The Morgan fingerprint density at radius 3 is 2.79 bits per heavy atom. The zero-order valence-electron chi connectivity index (χ0n) is 8.28. The van der Waals surface area contributed by atoms with Gasteiger partial charge in [0, 0.05) is 5.02 Å². The van der Waals surface area contributed by atoms with Crippen molar-refractivity contribution in [2.45, 2.75) is 31.9 Å². The van der Waals surface area contributed by atoms with E-state index in [0.717, 1.165) is 12.0 Å². The molecule has 3 N–H and O–H groups in total. The summed E-state index contributed by atoms with van der Waals surface area (Å²) in [6.45, 7) is 2.02. The molecule has 0 aliphatic rings. The van der Waals surface area contributed by atoms with E-state index >= 15 is 0 Å². The number of nitrogens with two attached hydrogens (primary N) is 1. The maximum absolute atomic E-state index is 9.69. The maximum Gasteiger partial charge on any atom is 0.0732 e. The molecular weight excluding hydrogens is 198 g/mol. The Kier molecular flexibility index (Phi) is 4.39. The number of aliphatic hydroxyl groups excluding tert-OH is 1. The third kappa shape index (κ3) is 2.98. The number of rotatable bonds is 4. The number of benzene rings is 1. The van der Waals surface area contributed by atoms with Gasteiger partial charge in [-0.3, -0.25) is 0 Å². The van der Waals surface area contributed by atoms with Crippen LogP contribution in [0.4, 0.5) is 0 Å². The van der Waals surface area contributed by atoms with Crippen LogP contribution in [-0.2, 0) is 0 Å². The second kappa shape index (κ2) is 5.35. The van der Waals surface area contributed by atoms with Gasteiger partial charge >= 0.3 is 0 Å². The summed E-state index contributed by atoms with van der Waals surface area (Å²) in [7, 11) is 0. The molecule has 2 nitrogen and oxygen atoms in total. The summed E-state index contributed by atoms with van der Waals surface area (Å²) < 4.78 is 0. The van der Waals surface area contributed by atoms with Crippen molar-refractivity contribution in [1.82, 2.24) is 0 Å². The Balaban J connectivity index is 2.73. The molecule has 0 aliphatic carbocycles. The molecule has 0 spiro atoms. The van der Waals surface area contributed by atoms with Crippen molar-refractivity contribution < 1.29 is 5.11 Å². The number of halogens is 1. The molecular formula is C11H16ClNO. The molecule has 0 aliphatic heterocycles. The molecule has 0 fully saturated rings. The van der Waals surface area contributed by atoms with Crippen LogP contribution in [0.2, 0.25) is 5.02 Å². The molecule has 0 saturated carbocycles. The van der Waals surface area contributed by atoms with E-state index in [4.69, 9.17) is 17.3 Å². The van der Waals surface area contributed by atoms with Crippen LogP contribution in [0.3, 0.4) is 0 Å².